The Bertz CT molecular complexity index is 696. The van der Waals surface area contributed by atoms with E-state index in [1.54, 1.807) is 6.92 Å². The predicted octanol–water partition coefficient (Wildman–Crippen LogP) is 3.05. The molecule has 1 atom stereocenters. The van der Waals surface area contributed by atoms with Gasteiger partial charge in [-0.25, -0.2) is 5.43 Å². The Kier molecular flexibility index (Phi) is 6.69. The van der Waals surface area contributed by atoms with Crippen molar-refractivity contribution in [1.82, 2.24) is 10.7 Å². The zero-order chi connectivity index (χ0) is 17.4. The number of thiophene rings is 1. The highest BCUT2D eigenvalue weighted by Crippen LogP contribution is 2.11. The Hall–Kier alpha value is -2.47. The maximum absolute atomic E-state index is 12.0. The standard InChI is InChI=1S/C18H21N3O2S/c1-13(20-21-18(23)12-16-9-6-10-24-16)11-17(22)19-14(2)15-7-4-3-5-8-15/h3-10,14H,11-12H2,1-2H3,(H,19,22)(H,21,23)/b20-13+. The number of nitrogens with one attached hydrogen (secondary N) is 2. The number of carbonyl (C=O) groups excluding carboxylic acids is 2. The van der Waals surface area contributed by atoms with Gasteiger partial charge in [0.1, 0.15) is 0 Å². The summed E-state index contributed by atoms with van der Waals surface area (Å²) >= 11 is 1.53. The van der Waals surface area contributed by atoms with E-state index in [4.69, 9.17) is 0 Å². The van der Waals surface area contributed by atoms with Crippen molar-refractivity contribution in [2.75, 3.05) is 0 Å². The second-order valence-corrected chi connectivity index (χ2v) is 6.55. The van der Waals surface area contributed by atoms with Gasteiger partial charge < -0.3 is 5.32 Å². The van der Waals surface area contributed by atoms with E-state index in [0.29, 0.717) is 12.1 Å². The van der Waals surface area contributed by atoms with E-state index in [9.17, 15) is 9.59 Å². The van der Waals surface area contributed by atoms with E-state index in [0.717, 1.165) is 10.4 Å². The molecule has 0 fully saturated rings. The Morgan fingerprint density at radius 2 is 1.88 bits per heavy atom. The number of hydrazone groups is 1. The van der Waals surface area contributed by atoms with Crippen molar-refractivity contribution in [3.63, 3.8) is 0 Å². The average molecular weight is 343 g/mol. The summed E-state index contributed by atoms with van der Waals surface area (Å²) in [5.74, 6) is -0.310. The Balaban J connectivity index is 1.77. The van der Waals surface area contributed by atoms with Gasteiger partial charge in [-0.2, -0.15) is 5.10 Å². The Morgan fingerprint density at radius 3 is 2.54 bits per heavy atom. The zero-order valence-electron chi connectivity index (χ0n) is 13.8. The highest BCUT2D eigenvalue weighted by atomic mass is 32.1. The van der Waals surface area contributed by atoms with Crippen LogP contribution in [0.25, 0.3) is 0 Å². The SMILES string of the molecule is C/C(CC(=O)NC(C)c1ccccc1)=N\NC(=O)Cc1cccs1. The normalized spacial score (nSPS) is 12.5. The van der Waals surface area contributed by atoms with Crippen LogP contribution in [0.1, 0.15) is 36.8 Å². The van der Waals surface area contributed by atoms with Gasteiger partial charge in [-0.1, -0.05) is 36.4 Å². The molecule has 1 aromatic carbocycles. The predicted molar refractivity (Wildman–Crippen MR) is 96.9 cm³/mol. The molecule has 6 heteroatoms. The summed E-state index contributed by atoms with van der Waals surface area (Å²) in [5, 5.41) is 8.83. The highest BCUT2D eigenvalue weighted by molar-refractivity contribution is 7.10. The van der Waals surface area contributed by atoms with Gasteiger partial charge in [-0.15, -0.1) is 11.3 Å². The molecule has 0 aliphatic heterocycles. The fraction of sp³-hybridized carbons (Fsp3) is 0.278. The molecule has 126 valence electrons. The van der Waals surface area contributed by atoms with E-state index in [2.05, 4.69) is 15.8 Å². The van der Waals surface area contributed by atoms with Crippen molar-refractivity contribution in [1.29, 1.82) is 0 Å². The quantitative estimate of drug-likeness (QED) is 0.599. The number of carbonyl (C=O) groups is 2. The molecule has 0 spiro atoms. The molecule has 0 saturated carbocycles. The van der Waals surface area contributed by atoms with Gasteiger partial charge in [0.05, 0.1) is 18.9 Å². The first kappa shape index (κ1) is 17.9. The molecular weight excluding hydrogens is 322 g/mol. The summed E-state index contributed by atoms with van der Waals surface area (Å²) < 4.78 is 0. The molecule has 2 aromatic rings. The second kappa shape index (κ2) is 8.98. The van der Waals surface area contributed by atoms with Crippen molar-refractivity contribution >= 4 is 28.9 Å². The number of nitrogens with zero attached hydrogens (tertiary/aromatic N) is 1. The van der Waals surface area contributed by atoms with Crippen LogP contribution >= 0.6 is 11.3 Å². The van der Waals surface area contributed by atoms with Crippen molar-refractivity contribution in [3.8, 4) is 0 Å². The molecule has 24 heavy (non-hydrogen) atoms. The minimum Gasteiger partial charge on any atom is -0.349 e. The molecule has 5 nitrogen and oxygen atoms in total. The third kappa shape index (κ3) is 5.96. The molecule has 0 aliphatic carbocycles. The molecule has 0 saturated heterocycles. The van der Waals surface area contributed by atoms with Crippen LogP contribution in [-0.2, 0) is 16.0 Å². The van der Waals surface area contributed by atoms with E-state index in [-0.39, 0.29) is 24.3 Å². The first-order valence-corrected chi connectivity index (χ1v) is 8.61. The number of amides is 2. The molecule has 2 rings (SSSR count). The summed E-state index contributed by atoms with van der Waals surface area (Å²) in [6.45, 7) is 3.65. The van der Waals surface area contributed by atoms with Gasteiger partial charge in [-0.3, -0.25) is 9.59 Å². The van der Waals surface area contributed by atoms with Crippen LogP contribution in [0.3, 0.4) is 0 Å². The summed E-state index contributed by atoms with van der Waals surface area (Å²) in [5.41, 5.74) is 4.10. The average Bonchev–Trinajstić information content (AvgIpc) is 3.06. The molecule has 2 amide bonds. The lowest BCUT2D eigenvalue weighted by Gasteiger charge is -2.14. The number of benzene rings is 1. The maximum atomic E-state index is 12.0. The molecule has 0 aliphatic rings. The van der Waals surface area contributed by atoms with Gasteiger partial charge in [0.2, 0.25) is 11.8 Å². The minimum absolute atomic E-state index is 0.0695. The van der Waals surface area contributed by atoms with E-state index >= 15 is 0 Å². The molecule has 1 unspecified atom stereocenters. The van der Waals surface area contributed by atoms with E-state index in [1.165, 1.54) is 11.3 Å². The van der Waals surface area contributed by atoms with Crippen molar-refractivity contribution in [3.05, 3.63) is 58.3 Å². The van der Waals surface area contributed by atoms with Gasteiger partial charge in [0.25, 0.3) is 0 Å². The van der Waals surface area contributed by atoms with E-state index < -0.39 is 0 Å². The third-order valence-corrected chi connectivity index (χ3v) is 4.26. The van der Waals surface area contributed by atoms with Crippen LogP contribution in [0.4, 0.5) is 0 Å². The van der Waals surface area contributed by atoms with Crippen molar-refractivity contribution in [2.45, 2.75) is 32.7 Å². The van der Waals surface area contributed by atoms with Gasteiger partial charge >= 0.3 is 0 Å². The van der Waals surface area contributed by atoms with Gasteiger partial charge in [0.15, 0.2) is 0 Å². The first-order valence-electron chi connectivity index (χ1n) is 7.73. The second-order valence-electron chi connectivity index (χ2n) is 5.51. The largest absolute Gasteiger partial charge is 0.349 e. The van der Waals surface area contributed by atoms with Gasteiger partial charge in [0, 0.05) is 10.6 Å². The summed E-state index contributed by atoms with van der Waals surface area (Å²) in [6.07, 6.45) is 0.447. The van der Waals surface area contributed by atoms with Crippen LogP contribution in [0.15, 0.2) is 52.9 Å². The van der Waals surface area contributed by atoms with Crippen LogP contribution in [0.2, 0.25) is 0 Å². The maximum Gasteiger partial charge on any atom is 0.245 e. The monoisotopic (exact) mass is 343 g/mol. The fourth-order valence-corrected chi connectivity index (χ4v) is 2.86. The fourth-order valence-electron chi connectivity index (χ4n) is 2.16. The first-order chi connectivity index (χ1) is 11.5. The number of hydrogen-bond donors (Lipinski definition) is 2. The van der Waals surface area contributed by atoms with Crippen LogP contribution in [0, 0.1) is 0 Å². The lowest BCUT2D eigenvalue weighted by Crippen LogP contribution is -2.29. The zero-order valence-corrected chi connectivity index (χ0v) is 14.6. The molecule has 2 N–H and O–H groups in total. The summed E-state index contributed by atoms with van der Waals surface area (Å²) in [6, 6.07) is 13.5. The highest BCUT2D eigenvalue weighted by Gasteiger charge is 2.10. The van der Waals surface area contributed by atoms with Crippen LogP contribution in [-0.4, -0.2) is 17.5 Å². The van der Waals surface area contributed by atoms with Gasteiger partial charge in [-0.05, 0) is 30.9 Å². The summed E-state index contributed by atoms with van der Waals surface area (Å²) in [7, 11) is 0. The van der Waals surface area contributed by atoms with E-state index in [1.807, 2.05) is 54.8 Å². The molecule has 0 bridgehead atoms. The summed E-state index contributed by atoms with van der Waals surface area (Å²) in [4.78, 5) is 24.8. The Labute approximate surface area is 145 Å². The van der Waals surface area contributed by atoms with Crippen molar-refractivity contribution in [2.24, 2.45) is 5.10 Å². The molecule has 1 heterocycles. The molecular formula is C18H21N3O2S. The van der Waals surface area contributed by atoms with Crippen LogP contribution in [0.5, 0.6) is 0 Å². The van der Waals surface area contributed by atoms with Crippen LogP contribution < -0.4 is 10.7 Å². The number of hydrogen-bond acceptors (Lipinski definition) is 4. The topological polar surface area (TPSA) is 70.6 Å². The molecule has 0 radical (unpaired) electrons. The smallest absolute Gasteiger partial charge is 0.245 e. The lowest BCUT2D eigenvalue weighted by molar-refractivity contribution is -0.121. The molecule has 1 aromatic heterocycles. The third-order valence-electron chi connectivity index (χ3n) is 3.38. The Morgan fingerprint density at radius 1 is 1.12 bits per heavy atom. The number of rotatable bonds is 7. The lowest BCUT2D eigenvalue weighted by atomic mass is 10.1. The minimum atomic E-state index is -0.185. The van der Waals surface area contributed by atoms with Crippen molar-refractivity contribution < 1.29 is 9.59 Å².